The van der Waals surface area contributed by atoms with Crippen molar-refractivity contribution in [1.82, 2.24) is 14.7 Å². The molecular formula is C21H19ClF2N4O2. The van der Waals surface area contributed by atoms with E-state index in [1.807, 2.05) is 6.07 Å². The van der Waals surface area contributed by atoms with Crippen molar-refractivity contribution < 1.29 is 18.3 Å². The molecule has 0 aliphatic heterocycles. The molecule has 0 radical (unpaired) electrons. The summed E-state index contributed by atoms with van der Waals surface area (Å²) in [5.41, 5.74) is 1.60. The van der Waals surface area contributed by atoms with Crippen molar-refractivity contribution in [2.45, 2.75) is 32.9 Å². The van der Waals surface area contributed by atoms with E-state index in [-0.39, 0.29) is 35.9 Å². The maximum Gasteiger partial charge on any atom is 0.270 e. The number of aryl methyl sites for hydroxylation is 2. The number of alkyl halides is 1. The zero-order valence-electron chi connectivity index (χ0n) is 16.4. The van der Waals surface area contributed by atoms with Crippen LogP contribution in [0.1, 0.15) is 33.7 Å². The summed E-state index contributed by atoms with van der Waals surface area (Å²) in [7, 11) is 0. The number of hydrogen-bond donors (Lipinski definition) is 1. The van der Waals surface area contributed by atoms with Crippen molar-refractivity contribution in [2.24, 2.45) is 0 Å². The van der Waals surface area contributed by atoms with Crippen LogP contribution in [0.4, 0.5) is 8.78 Å². The van der Waals surface area contributed by atoms with Gasteiger partial charge in [0.25, 0.3) is 5.91 Å². The molecule has 2 aromatic heterocycles. The lowest BCUT2D eigenvalue weighted by atomic mass is 10.2. The van der Waals surface area contributed by atoms with E-state index in [4.69, 9.17) is 21.6 Å². The Balaban J connectivity index is 1.96. The van der Waals surface area contributed by atoms with E-state index >= 15 is 0 Å². The van der Waals surface area contributed by atoms with E-state index < -0.39 is 23.6 Å². The second kappa shape index (κ2) is 9.09. The van der Waals surface area contributed by atoms with E-state index in [1.165, 1.54) is 6.07 Å². The molecule has 0 aliphatic carbocycles. The molecule has 3 rings (SSSR count). The number of fused-ring (bicyclic) bond motifs is 1. The summed E-state index contributed by atoms with van der Waals surface area (Å²) in [6.45, 7) is 3.13. The lowest BCUT2D eigenvalue weighted by molar-refractivity contribution is 0.0934. The van der Waals surface area contributed by atoms with Gasteiger partial charge in [-0.3, -0.25) is 9.20 Å². The van der Waals surface area contributed by atoms with Gasteiger partial charge in [-0.05, 0) is 37.6 Å². The molecule has 3 aromatic rings. The van der Waals surface area contributed by atoms with Gasteiger partial charge in [0.2, 0.25) is 0 Å². The molecule has 156 valence electrons. The van der Waals surface area contributed by atoms with Gasteiger partial charge in [-0.25, -0.2) is 13.8 Å². The molecular weight excluding hydrogens is 414 g/mol. The van der Waals surface area contributed by atoms with Crippen molar-refractivity contribution in [1.29, 1.82) is 5.26 Å². The lowest BCUT2D eigenvalue weighted by Crippen LogP contribution is -2.36. The van der Waals surface area contributed by atoms with Gasteiger partial charge in [0.05, 0.1) is 29.8 Å². The maximum absolute atomic E-state index is 13.9. The normalized spacial score (nSPS) is 11.9. The molecule has 1 atom stereocenters. The van der Waals surface area contributed by atoms with Crippen LogP contribution < -0.4 is 10.1 Å². The first kappa shape index (κ1) is 21.5. The standard InChI is InChI=1S/C21H19ClF2N4O2/c1-12-8-18(30-11-15-16(23)4-3-5-17(15)24)20-26-13(2)19(28(20)10-12)21(29)27-14(9-22)6-7-25/h3-5,8,10,14H,6,9,11H2,1-2H3,(H,27,29). The van der Waals surface area contributed by atoms with Crippen molar-refractivity contribution in [3.05, 3.63) is 64.6 Å². The highest BCUT2D eigenvalue weighted by Crippen LogP contribution is 2.26. The minimum Gasteiger partial charge on any atom is -0.485 e. The summed E-state index contributed by atoms with van der Waals surface area (Å²) < 4.78 is 35.1. The van der Waals surface area contributed by atoms with Crippen LogP contribution in [0.25, 0.3) is 5.65 Å². The average Bonchev–Trinajstić information content (AvgIpc) is 3.02. The summed E-state index contributed by atoms with van der Waals surface area (Å²) in [5.74, 6) is -1.47. The molecule has 0 spiro atoms. The van der Waals surface area contributed by atoms with Gasteiger partial charge < -0.3 is 10.1 Å². The quantitative estimate of drug-likeness (QED) is 0.571. The number of imidazole rings is 1. The Morgan fingerprint density at radius 2 is 2.07 bits per heavy atom. The summed E-state index contributed by atoms with van der Waals surface area (Å²) in [4.78, 5) is 17.2. The largest absolute Gasteiger partial charge is 0.485 e. The molecule has 1 aromatic carbocycles. The highest BCUT2D eigenvalue weighted by molar-refractivity contribution is 6.18. The molecule has 0 saturated heterocycles. The minimum absolute atomic E-state index is 0.0760. The molecule has 1 N–H and O–H groups in total. The second-order valence-corrected chi connectivity index (χ2v) is 7.11. The average molecular weight is 433 g/mol. The predicted octanol–water partition coefficient (Wildman–Crippen LogP) is 4.06. The van der Waals surface area contributed by atoms with Crippen molar-refractivity contribution in [3.63, 3.8) is 0 Å². The number of nitriles is 1. The van der Waals surface area contributed by atoms with Crippen LogP contribution in [0.3, 0.4) is 0 Å². The number of benzene rings is 1. The zero-order valence-corrected chi connectivity index (χ0v) is 17.1. The molecule has 9 heteroatoms. The smallest absolute Gasteiger partial charge is 0.270 e. The third-order valence-electron chi connectivity index (χ3n) is 4.51. The fraction of sp³-hybridized carbons (Fsp3) is 0.286. The first-order valence-corrected chi connectivity index (χ1v) is 9.68. The Bertz CT molecular complexity index is 1120. The molecule has 0 bridgehead atoms. The fourth-order valence-electron chi connectivity index (χ4n) is 3.07. The Hall–Kier alpha value is -3.18. The monoisotopic (exact) mass is 432 g/mol. The summed E-state index contributed by atoms with van der Waals surface area (Å²) in [5, 5.41) is 11.6. The Morgan fingerprint density at radius 3 is 2.70 bits per heavy atom. The number of halogens is 3. The molecule has 0 fully saturated rings. The molecule has 1 unspecified atom stereocenters. The third-order valence-corrected chi connectivity index (χ3v) is 4.88. The topological polar surface area (TPSA) is 79.4 Å². The highest BCUT2D eigenvalue weighted by Gasteiger charge is 2.22. The first-order chi connectivity index (χ1) is 14.3. The van der Waals surface area contributed by atoms with Crippen molar-refractivity contribution in [2.75, 3.05) is 5.88 Å². The Labute approximate surface area is 177 Å². The van der Waals surface area contributed by atoms with Gasteiger partial charge in [0.15, 0.2) is 11.4 Å². The van der Waals surface area contributed by atoms with Gasteiger partial charge in [-0.1, -0.05) is 6.07 Å². The van der Waals surface area contributed by atoms with Gasteiger partial charge in [-0.2, -0.15) is 5.26 Å². The molecule has 1 amide bonds. The predicted molar refractivity (Wildman–Crippen MR) is 108 cm³/mol. The summed E-state index contributed by atoms with van der Waals surface area (Å²) >= 11 is 5.82. The SMILES string of the molecule is Cc1cc(OCc2c(F)cccc2F)c2nc(C)c(C(=O)NC(CCl)CC#N)n2c1. The summed E-state index contributed by atoms with van der Waals surface area (Å²) in [6, 6.07) is 6.75. The molecule has 30 heavy (non-hydrogen) atoms. The third kappa shape index (κ3) is 4.36. The van der Waals surface area contributed by atoms with Crippen LogP contribution in [0.2, 0.25) is 0 Å². The molecule has 6 nitrogen and oxygen atoms in total. The summed E-state index contributed by atoms with van der Waals surface area (Å²) in [6.07, 6.45) is 1.79. The number of hydrogen-bond acceptors (Lipinski definition) is 4. The number of carbonyl (C=O) groups excluding carboxylic acids is 1. The van der Waals surface area contributed by atoms with Crippen LogP contribution in [0.5, 0.6) is 5.75 Å². The van der Waals surface area contributed by atoms with E-state index in [0.717, 1.165) is 17.7 Å². The van der Waals surface area contributed by atoms with E-state index in [2.05, 4.69) is 10.3 Å². The van der Waals surface area contributed by atoms with E-state index in [0.29, 0.717) is 11.3 Å². The van der Waals surface area contributed by atoms with Crippen molar-refractivity contribution >= 4 is 23.2 Å². The van der Waals surface area contributed by atoms with Gasteiger partial charge in [-0.15, -0.1) is 11.6 Å². The number of ether oxygens (including phenoxy) is 1. The van der Waals surface area contributed by atoms with Crippen LogP contribution in [0.15, 0.2) is 30.5 Å². The van der Waals surface area contributed by atoms with Crippen LogP contribution in [-0.2, 0) is 6.61 Å². The Morgan fingerprint density at radius 1 is 1.37 bits per heavy atom. The number of rotatable bonds is 7. The molecule has 0 aliphatic rings. The van der Waals surface area contributed by atoms with E-state index in [9.17, 15) is 13.6 Å². The van der Waals surface area contributed by atoms with Gasteiger partial charge in [0.1, 0.15) is 23.9 Å². The Kier molecular flexibility index (Phi) is 6.53. The second-order valence-electron chi connectivity index (χ2n) is 6.80. The first-order valence-electron chi connectivity index (χ1n) is 9.14. The molecule has 2 heterocycles. The van der Waals surface area contributed by atoms with Crippen LogP contribution >= 0.6 is 11.6 Å². The molecule has 0 saturated carbocycles. The zero-order chi connectivity index (χ0) is 21.8. The minimum atomic E-state index is -0.706. The van der Waals surface area contributed by atoms with Crippen molar-refractivity contribution in [3.8, 4) is 11.8 Å². The number of nitrogens with zero attached hydrogens (tertiary/aromatic N) is 3. The highest BCUT2D eigenvalue weighted by atomic mass is 35.5. The number of nitrogens with one attached hydrogen (secondary N) is 1. The van der Waals surface area contributed by atoms with Crippen LogP contribution in [-0.4, -0.2) is 27.2 Å². The van der Waals surface area contributed by atoms with Crippen LogP contribution in [0, 0.1) is 36.8 Å². The van der Waals surface area contributed by atoms with Gasteiger partial charge >= 0.3 is 0 Å². The fourth-order valence-corrected chi connectivity index (χ4v) is 3.25. The number of aromatic nitrogens is 2. The van der Waals surface area contributed by atoms with E-state index in [1.54, 1.807) is 30.5 Å². The maximum atomic E-state index is 13.9. The lowest BCUT2D eigenvalue weighted by Gasteiger charge is -2.14. The number of amides is 1. The number of carbonyl (C=O) groups is 1. The number of pyridine rings is 1. The van der Waals surface area contributed by atoms with Gasteiger partial charge in [0, 0.05) is 12.1 Å².